The van der Waals surface area contributed by atoms with Crippen LogP contribution in [0.15, 0.2) is 11.6 Å². The van der Waals surface area contributed by atoms with E-state index in [1.165, 1.54) is 0 Å². The average molecular weight is 476 g/mol. The lowest BCUT2D eigenvalue weighted by molar-refractivity contribution is -0.307. The Balaban J connectivity index is 1.45. The van der Waals surface area contributed by atoms with Crippen molar-refractivity contribution >= 4 is 18.2 Å². The van der Waals surface area contributed by atoms with Crippen LogP contribution in [0, 0.1) is 28.6 Å². The molecule has 4 fully saturated rings. The zero-order valence-corrected chi connectivity index (χ0v) is 19.8. The third-order valence-corrected chi connectivity index (χ3v) is 10.8. The molecule has 34 heavy (non-hydrogen) atoms. The number of esters is 1. The Hall–Kier alpha value is -1.77. The van der Waals surface area contributed by atoms with E-state index in [2.05, 4.69) is 6.92 Å². The van der Waals surface area contributed by atoms with Crippen molar-refractivity contribution in [3.63, 3.8) is 0 Å². The van der Waals surface area contributed by atoms with Gasteiger partial charge in [-0.2, -0.15) is 0 Å². The number of hydrogen-bond acceptors (Lipinski definition) is 8. The Kier molecular flexibility index (Phi) is 5.36. The van der Waals surface area contributed by atoms with E-state index in [1.54, 1.807) is 6.08 Å². The third-order valence-electron chi connectivity index (χ3n) is 10.8. The van der Waals surface area contributed by atoms with Crippen LogP contribution >= 0.6 is 0 Å². The molecule has 3 N–H and O–H groups in total. The number of aliphatic carboxylic acids is 1. The zero-order chi connectivity index (χ0) is 24.6. The summed E-state index contributed by atoms with van der Waals surface area (Å²) in [6.45, 7) is 2.37. The van der Waals surface area contributed by atoms with Crippen molar-refractivity contribution in [2.45, 2.75) is 94.4 Å². The molecule has 4 saturated carbocycles. The number of ether oxygens (including phenoxy) is 1. The minimum absolute atomic E-state index is 0.0136. The van der Waals surface area contributed by atoms with Crippen molar-refractivity contribution in [1.29, 1.82) is 0 Å². The van der Waals surface area contributed by atoms with E-state index in [-0.39, 0.29) is 68.9 Å². The van der Waals surface area contributed by atoms with Crippen molar-refractivity contribution < 1.29 is 39.5 Å². The molecule has 5 rings (SSSR count). The van der Waals surface area contributed by atoms with Crippen molar-refractivity contribution in [1.82, 2.24) is 0 Å². The van der Waals surface area contributed by atoms with Gasteiger partial charge in [0, 0.05) is 23.9 Å². The highest BCUT2D eigenvalue weighted by molar-refractivity contribution is 5.85. The number of carboxylic acid groups (broad SMARTS) is 1. The lowest BCUT2D eigenvalue weighted by Crippen LogP contribution is -2.70. The summed E-state index contributed by atoms with van der Waals surface area (Å²) in [4.78, 5) is 35.4. The van der Waals surface area contributed by atoms with E-state index in [0.717, 1.165) is 18.3 Å². The number of aliphatic hydroxyl groups is 3. The van der Waals surface area contributed by atoms with Crippen LogP contribution < -0.4 is 5.11 Å². The molecule has 0 unspecified atom stereocenters. The zero-order valence-electron chi connectivity index (χ0n) is 19.8. The largest absolute Gasteiger partial charge is 0.550 e. The van der Waals surface area contributed by atoms with Gasteiger partial charge in [-0.15, -0.1) is 0 Å². The van der Waals surface area contributed by atoms with Gasteiger partial charge in [-0.3, -0.25) is 0 Å². The normalized spacial score (nSPS) is 49.9. The molecule has 188 valence electrons. The van der Waals surface area contributed by atoms with Gasteiger partial charge in [0.2, 0.25) is 0 Å². The highest BCUT2D eigenvalue weighted by Gasteiger charge is 2.72. The summed E-state index contributed by atoms with van der Waals surface area (Å²) in [5.41, 5.74) is -4.40. The maximum Gasteiger partial charge on any atom is 0.331 e. The second kappa shape index (κ2) is 7.61. The molecule has 0 amide bonds. The molecule has 8 atom stereocenters. The lowest BCUT2D eigenvalue weighted by Gasteiger charge is -2.66. The van der Waals surface area contributed by atoms with Crippen LogP contribution in [-0.2, 0) is 19.1 Å². The molecule has 0 bridgehead atoms. The van der Waals surface area contributed by atoms with Crippen LogP contribution in [0.1, 0.15) is 77.6 Å². The Morgan fingerprint density at radius 2 is 1.85 bits per heavy atom. The van der Waals surface area contributed by atoms with Crippen LogP contribution in [0.4, 0.5) is 0 Å². The van der Waals surface area contributed by atoms with Gasteiger partial charge in [0.25, 0.3) is 0 Å². The molecule has 4 aliphatic carbocycles. The molecule has 0 aromatic rings. The number of rotatable bonds is 5. The summed E-state index contributed by atoms with van der Waals surface area (Å²) in [6.07, 6.45) is 6.03. The van der Waals surface area contributed by atoms with E-state index < -0.39 is 33.6 Å². The van der Waals surface area contributed by atoms with Crippen LogP contribution in [0.3, 0.4) is 0 Å². The van der Waals surface area contributed by atoms with Crippen LogP contribution in [-0.4, -0.2) is 57.0 Å². The van der Waals surface area contributed by atoms with Gasteiger partial charge in [0.05, 0.1) is 22.2 Å². The quantitative estimate of drug-likeness (QED) is 0.391. The molecule has 5 aliphatic rings. The van der Waals surface area contributed by atoms with Gasteiger partial charge >= 0.3 is 5.97 Å². The van der Waals surface area contributed by atoms with Gasteiger partial charge in [-0.25, -0.2) is 4.79 Å². The van der Waals surface area contributed by atoms with Crippen LogP contribution in [0.5, 0.6) is 0 Å². The first kappa shape index (κ1) is 23.9. The van der Waals surface area contributed by atoms with E-state index >= 15 is 0 Å². The van der Waals surface area contributed by atoms with Crippen LogP contribution in [0.25, 0.3) is 0 Å². The number of aldehydes is 1. The number of cyclic esters (lactones) is 1. The predicted octanol–water partition coefficient (Wildman–Crippen LogP) is 0.798. The minimum Gasteiger partial charge on any atom is -0.550 e. The van der Waals surface area contributed by atoms with Gasteiger partial charge in [-0.1, -0.05) is 6.92 Å². The minimum atomic E-state index is -1.44. The fourth-order valence-corrected chi connectivity index (χ4v) is 9.02. The summed E-state index contributed by atoms with van der Waals surface area (Å²) in [6, 6.07) is 0. The molecule has 8 heteroatoms. The predicted molar refractivity (Wildman–Crippen MR) is 117 cm³/mol. The van der Waals surface area contributed by atoms with Gasteiger partial charge in [0.15, 0.2) is 0 Å². The van der Waals surface area contributed by atoms with Gasteiger partial charge < -0.3 is 34.8 Å². The number of fused-ring (bicyclic) bond motifs is 5. The Morgan fingerprint density at radius 3 is 2.50 bits per heavy atom. The maximum absolute atomic E-state index is 12.7. The first-order valence-corrected chi connectivity index (χ1v) is 12.6. The molecule has 8 nitrogen and oxygen atoms in total. The van der Waals surface area contributed by atoms with E-state index in [9.17, 15) is 34.8 Å². The highest BCUT2D eigenvalue weighted by Crippen LogP contribution is 2.70. The molecule has 0 aromatic heterocycles. The molecular formula is C26H35O8-. The topological polar surface area (TPSA) is 144 Å². The molecule has 1 heterocycles. The van der Waals surface area contributed by atoms with Crippen molar-refractivity contribution in [3.8, 4) is 0 Å². The number of carbonyl (C=O) groups excluding carboxylic acids is 3. The standard InChI is InChI=1S/C26H36O8/c1-22-6-2-18-19(26(22,33)9-4-17(22)16-12-21(30)34-13-16)3-8-25(32)14-23(31,7-5-20(28)29)10-11-24(18,25)15-27/h12,15,17-19,31-33H,2-11,13-14H2,1H3,(H,28,29)/p-1/t17-,18+,19-,22-,23+,24+,25+,26+/m1/s1. The monoisotopic (exact) mass is 475 g/mol. The first-order valence-electron chi connectivity index (χ1n) is 12.6. The fourth-order valence-electron chi connectivity index (χ4n) is 9.02. The van der Waals surface area contributed by atoms with E-state index in [0.29, 0.717) is 25.7 Å². The third kappa shape index (κ3) is 3.10. The number of carbonyl (C=O) groups is 3. The highest BCUT2D eigenvalue weighted by atomic mass is 16.5. The van der Waals surface area contributed by atoms with Crippen LogP contribution in [0.2, 0.25) is 0 Å². The van der Waals surface area contributed by atoms with Crippen molar-refractivity contribution in [2.24, 2.45) is 28.6 Å². The van der Waals surface area contributed by atoms with Gasteiger partial charge in [-0.05, 0) is 87.5 Å². The summed E-state index contributed by atoms with van der Waals surface area (Å²) in [7, 11) is 0. The number of carboxylic acids is 1. The van der Waals surface area contributed by atoms with Gasteiger partial charge in [0.1, 0.15) is 12.9 Å². The van der Waals surface area contributed by atoms with E-state index in [4.69, 9.17) is 4.74 Å². The van der Waals surface area contributed by atoms with E-state index in [1.807, 2.05) is 0 Å². The second-order valence-corrected chi connectivity index (χ2v) is 12.0. The first-order chi connectivity index (χ1) is 15.9. The Labute approximate surface area is 199 Å². The summed E-state index contributed by atoms with van der Waals surface area (Å²) < 4.78 is 5.16. The molecule has 0 spiro atoms. The second-order valence-electron chi connectivity index (χ2n) is 12.0. The molecule has 0 aromatic carbocycles. The summed E-state index contributed by atoms with van der Waals surface area (Å²) in [5.74, 6) is -1.93. The molecule has 0 saturated heterocycles. The molecule has 1 aliphatic heterocycles. The SMILES string of the molecule is C[C@]12CC[C@H]3[C@@H](CC[C@]4(O)C[C@](O)(CCC(=O)[O-])CC[C@]34C=O)[C@@]1(O)CC[C@@H]2C1=CC(=O)OC1. The Morgan fingerprint density at radius 1 is 1.12 bits per heavy atom. The Bertz CT molecular complexity index is 945. The van der Waals surface area contributed by atoms with Crippen molar-refractivity contribution in [3.05, 3.63) is 11.6 Å². The lowest BCUT2D eigenvalue weighted by atomic mass is 9.41. The number of hydrogen-bond donors (Lipinski definition) is 3. The van der Waals surface area contributed by atoms with Crippen molar-refractivity contribution in [2.75, 3.05) is 6.61 Å². The smallest absolute Gasteiger partial charge is 0.331 e. The average Bonchev–Trinajstić information content (AvgIpc) is 3.32. The maximum atomic E-state index is 12.7. The summed E-state index contributed by atoms with van der Waals surface area (Å²) in [5, 5.41) is 46.1. The molecular weight excluding hydrogens is 440 g/mol. The summed E-state index contributed by atoms with van der Waals surface area (Å²) >= 11 is 0. The fraction of sp³-hybridized carbons (Fsp3) is 0.808. The molecule has 0 radical (unpaired) electrons.